The van der Waals surface area contributed by atoms with Crippen LogP contribution in [-0.2, 0) is 16.1 Å². The van der Waals surface area contributed by atoms with Gasteiger partial charge < -0.3 is 9.64 Å². The smallest absolute Gasteiger partial charge is 0.337 e. The second kappa shape index (κ2) is 6.39. The topological polar surface area (TPSA) is 46.6 Å². The zero-order valence-corrected chi connectivity index (χ0v) is 13.3. The van der Waals surface area contributed by atoms with Gasteiger partial charge in [-0.3, -0.25) is 4.79 Å². The predicted molar refractivity (Wildman–Crippen MR) is 79.3 cm³/mol. The van der Waals surface area contributed by atoms with Gasteiger partial charge in [-0.05, 0) is 30.5 Å². The zero-order chi connectivity index (χ0) is 14.7. The van der Waals surface area contributed by atoms with Crippen molar-refractivity contribution in [3.63, 3.8) is 0 Å². The van der Waals surface area contributed by atoms with E-state index in [0.29, 0.717) is 12.1 Å². The second-order valence-electron chi connectivity index (χ2n) is 5.10. The van der Waals surface area contributed by atoms with E-state index in [1.54, 1.807) is 12.1 Å². The molecular weight excluding hydrogens is 322 g/mol. The molecule has 0 aromatic heterocycles. The number of hydrogen-bond donors (Lipinski definition) is 0. The average molecular weight is 340 g/mol. The molecule has 5 heteroatoms. The Morgan fingerprint density at radius 3 is 2.90 bits per heavy atom. The molecule has 0 spiro atoms. The maximum Gasteiger partial charge on any atom is 0.337 e. The molecule has 0 saturated carbocycles. The molecule has 0 N–H and O–H groups in total. The largest absolute Gasteiger partial charge is 0.465 e. The number of rotatable bonds is 3. The highest BCUT2D eigenvalue weighted by Gasteiger charge is 2.25. The van der Waals surface area contributed by atoms with Crippen molar-refractivity contribution in [1.82, 2.24) is 4.90 Å². The highest BCUT2D eigenvalue weighted by molar-refractivity contribution is 9.10. The maximum absolute atomic E-state index is 12.1. The molecule has 1 saturated heterocycles. The van der Waals surface area contributed by atoms with Crippen molar-refractivity contribution in [2.24, 2.45) is 5.92 Å². The summed E-state index contributed by atoms with van der Waals surface area (Å²) in [6.45, 7) is 3.35. The van der Waals surface area contributed by atoms with Gasteiger partial charge in [-0.25, -0.2) is 4.79 Å². The number of nitrogens with zero attached hydrogens (tertiary/aromatic N) is 1. The van der Waals surface area contributed by atoms with Gasteiger partial charge in [0.1, 0.15) is 0 Å². The Morgan fingerprint density at radius 2 is 2.25 bits per heavy atom. The average Bonchev–Trinajstić information content (AvgIpc) is 2.45. The first kappa shape index (κ1) is 15.0. The van der Waals surface area contributed by atoms with E-state index in [4.69, 9.17) is 0 Å². The van der Waals surface area contributed by atoms with E-state index in [1.165, 1.54) is 7.11 Å². The van der Waals surface area contributed by atoms with Crippen molar-refractivity contribution in [2.75, 3.05) is 13.7 Å². The van der Waals surface area contributed by atoms with Crippen molar-refractivity contribution in [1.29, 1.82) is 0 Å². The summed E-state index contributed by atoms with van der Waals surface area (Å²) in [5.41, 5.74) is 1.50. The first-order valence-corrected chi connectivity index (χ1v) is 7.47. The van der Waals surface area contributed by atoms with Crippen molar-refractivity contribution >= 4 is 27.8 Å². The minimum absolute atomic E-state index is 0.108. The quantitative estimate of drug-likeness (QED) is 0.795. The molecule has 20 heavy (non-hydrogen) atoms. The molecule has 1 aliphatic heterocycles. The number of hydrogen-bond acceptors (Lipinski definition) is 3. The van der Waals surface area contributed by atoms with Crippen LogP contribution < -0.4 is 0 Å². The summed E-state index contributed by atoms with van der Waals surface area (Å²) in [5.74, 6) is -0.0445. The van der Waals surface area contributed by atoms with E-state index in [2.05, 4.69) is 20.7 Å². The van der Waals surface area contributed by atoms with Gasteiger partial charge in [0, 0.05) is 23.5 Å². The van der Waals surface area contributed by atoms with Crippen molar-refractivity contribution in [2.45, 2.75) is 26.3 Å². The summed E-state index contributed by atoms with van der Waals surface area (Å²) in [5, 5.41) is 0. The van der Waals surface area contributed by atoms with Crippen molar-refractivity contribution < 1.29 is 14.3 Å². The molecule has 1 aromatic carbocycles. The van der Waals surface area contributed by atoms with Gasteiger partial charge in [-0.1, -0.05) is 28.9 Å². The molecule has 1 aliphatic rings. The lowest BCUT2D eigenvalue weighted by Gasteiger charge is -2.31. The minimum atomic E-state index is -0.361. The number of ether oxygens (including phenoxy) is 1. The highest BCUT2D eigenvalue weighted by Crippen LogP contribution is 2.24. The number of carbonyl (C=O) groups is 2. The normalized spacial score (nSPS) is 19.1. The summed E-state index contributed by atoms with van der Waals surface area (Å²) < 4.78 is 5.51. The lowest BCUT2D eigenvalue weighted by Crippen LogP contribution is -2.39. The molecule has 108 valence electrons. The van der Waals surface area contributed by atoms with Crippen molar-refractivity contribution in [3.05, 3.63) is 33.8 Å². The fourth-order valence-corrected chi connectivity index (χ4v) is 2.92. The molecule has 0 radical (unpaired) electrons. The summed E-state index contributed by atoms with van der Waals surface area (Å²) in [6, 6.07) is 5.33. The minimum Gasteiger partial charge on any atom is -0.465 e. The van der Waals surface area contributed by atoms with Gasteiger partial charge in [0.2, 0.25) is 5.91 Å². The van der Waals surface area contributed by atoms with Crippen LogP contribution >= 0.6 is 15.9 Å². The van der Waals surface area contributed by atoms with Crippen LogP contribution in [-0.4, -0.2) is 30.4 Å². The highest BCUT2D eigenvalue weighted by atomic mass is 79.9. The third-order valence-corrected chi connectivity index (χ3v) is 4.37. The number of carbonyl (C=O) groups excluding carboxylic acids is 2. The summed E-state index contributed by atoms with van der Waals surface area (Å²) in [7, 11) is 1.36. The van der Waals surface area contributed by atoms with Gasteiger partial charge in [-0.15, -0.1) is 0 Å². The van der Waals surface area contributed by atoms with Crippen LogP contribution in [0.2, 0.25) is 0 Å². The molecule has 1 amide bonds. The Hall–Kier alpha value is -1.36. The molecule has 0 bridgehead atoms. The number of benzene rings is 1. The maximum atomic E-state index is 12.1. The fraction of sp³-hybridized carbons (Fsp3) is 0.467. The summed E-state index contributed by atoms with van der Waals surface area (Å²) in [6.07, 6.45) is 2.02. The fourth-order valence-electron chi connectivity index (χ4n) is 2.42. The first-order valence-electron chi connectivity index (χ1n) is 6.68. The molecule has 1 aromatic rings. The van der Waals surface area contributed by atoms with E-state index in [0.717, 1.165) is 29.4 Å². The van der Waals surface area contributed by atoms with Gasteiger partial charge in [0.25, 0.3) is 0 Å². The molecule has 1 heterocycles. The number of esters is 1. The molecule has 1 fully saturated rings. The lowest BCUT2D eigenvalue weighted by molar-refractivity contribution is -0.138. The predicted octanol–water partition coefficient (Wildman–Crippen LogP) is 2.99. The molecular formula is C15H18BrNO3. The Morgan fingerprint density at radius 1 is 1.50 bits per heavy atom. The Labute approximate surface area is 127 Å². The van der Waals surface area contributed by atoms with Gasteiger partial charge in [-0.2, -0.15) is 0 Å². The lowest BCUT2D eigenvalue weighted by atomic mass is 9.98. The van der Waals surface area contributed by atoms with Crippen LogP contribution in [0.15, 0.2) is 22.7 Å². The van der Waals surface area contributed by atoms with E-state index in [1.807, 2.05) is 17.9 Å². The van der Waals surface area contributed by atoms with Crippen LogP contribution in [0.25, 0.3) is 0 Å². The van der Waals surface area contributed by atoms with Crippen LogP contribution in [0.5, 0.6) is 0 Å². The number of halogens is 1. The number of piperidine rings is 1. The number of amides is 1. The van der Waals surface area contributed by atoms with E-state index in [9.17, 15) is 9.59 Å². The second-order valence-corrected chi connectivity index (χ2v) is 5.96. The summed E-state index contributed by atoms with van der Waals surface area (Å²) in [4.78, 5) is 25.4. The van der Waals surface area contributed by atoms with Gasteiger partial charge >= 0.3 is 5.97 Å². The third kappa shape index (κ3) is 3.20. The van der Waals surface area contributed by atoms with Crippen LogP contribution in [0.3, 0.4) is 0 Å². The first-order chi connectivity index (χ1) is 9.52. The van der Waals surface area contributed by atoms with E-state index in [-0.39, 0.29) is 17.8 Å². The zero-order valence-electron chi connectivity index (χ0n) is 11.7. The SMILES string of the molecule is COC(=O)c1ccc(CN2CCCC(C)C2=O)c(Br)c1. The number of likely N-dealkylation sites (tertiary alicyclic amines) is 1. The molecule has 2 rings (SSSR count). The Balaban J connectivity index is 2.13. The molecule has 1 unspecified atom stereocenters. The van der Waals surface area contributed by atoms with Gasteiger partial charge in [0.15, 0.2) is 0 Å². The van der Waals surface area contributed by atoms with Crippen LogP contribution in [0, 0.1) is 5.92 Å². The van der Waals surface area contributed by atoms with E-state index < -0.39 is 0 Å². The summed E-state index contributed by atoms with van der Waals surface area (Å²) >= 11 is 3.46. The van der Waals surface area contributed by atoms with Crippen molar-refractivity contribution in [3.8, 4) is 0 Å². The Bertz CT molecular complexity index is 530. The monoisotopic (exact) mass is 339 g/mol. The Kier molecular flexibility index (Phi) is 4.81. The van der Waals surface area contributed by atoms with Crippen LogP contribution in [0.1, 0.15) is 35.7 Å². The number of methoxy groups -OCH3 is 1. The molecule has 1 atom stereocenters. The molecule has 0 aliphatic carbocycles. The third-order valence-electron chi connectivity index (χ3n) is 3.63. The van der Waals surface area contributed by atoms with Crippen LogP contribution in [0.4, 0.5) is 0 Å². The standard InChI is InChI=1S/C15H18BrNO3/c1-10-4-3-7-17(14(10)18)9-12-6-5-11(8-13(12)16)15(19)20-2/h5-6,8,10H,3-4,7,9H2,1-2H3. The van der Waals surface area contributed by atoms with Gasteiger partial charge in [0.05, 0.1) is 12.7 Å². The molecule has 4 nitrogen and oxygen atoms in total. The van der Waals surface area contributed by atoms with E-state index >= 15 is 0 Å².